The summed E-state index contributed by atoms with van der Waals surface area (Å²) in [5.74, 6) is 2.50. The van der Waals surface area contributed by atoms with E-state index in [9.17, 15) is 0 Å². The van der Waals surface area contributed by atoms with Gasteiger partial charge in [0.2, 0.25) is 0 Å². The van der Waals surface area contributed by atoms with Crippen molar-refractivity contribution in [2.75, 3.05) is 25.6 Å². The average Bonchev–Trinajstić information content (AvgIpc) is 2.41. The van der Waals surface area contributed by atoms with Gasteiger partial charge >= 0.3 is 0 Å². The van der Waals surface area contributed by atoms with Crippen LogP contribution in [0.25, 0.3) is 10.9 Å². The molecular formula is C15H20N2O2. The molecule has 0 saturated carbocycles. The molecule has 1 heterocycles. The van der Waals surface area contributed by atoms with Crippen molar-refractivity contribution < 1.29 is 9.47 Å². The van der Waals surface area contributed by atoms with Gasteiger partial charge in [0.05, 0.1) is 13.2 Å². The van der Waals surface area contributed by atoms with Gasteiger partial charge in [0.1, 0.15) is 22.8 Å². The molecule has 4 heteroatoms. The molecule has 1 aromatic heterocycles. The van der Waals surface area contributed by atoms with Gasteiger partial charge in [-0.1, -0.05) is 0 Å². The van der Waals surface area contributed by atoms with Crippen LogP contribution in [-0.4, -0.2) is 25.2 Å². The Morgan fingerprint density at radius 3 is 2.37 bits per heavy atom. The second kappa shape index (κ2) is 5.78. The smallest absolute Gasteiger partial charge is 0.145 e. The highest BCUT2D eigenvalue weighted by Crippen LogP contribution is 2.34. The predicted molar refractivity (Wildman–Crippen MR) is 78.4 cm³/mol. The maximum atomic E-state index is 5.66. The van der Waals surface area contributed by atoms with E-state index in [1.54, 1.807) is 0 Å². The van der Waals surface area contributed by atoms with Crippen molar-refractivity contribution in [3.8, 4) is 11.5 Å². The lowest BCUT2D eigenvalue weighted by atomic mass is 10.1. The van der Waals surface area contributed by atoms with E-state index in [4.69, 9.17) is 9.47 Å². The number of hydrogen-bond acceptors (Lipinski definition) is 4. The minimum absolute atomic E-state index is 0.619. The molecule has 4 nitrogen and oxygen atoms in total. The molecule has 1 N–H and O–H groups in total. The second-order valence-corrected chi connectivity index (χ2v) is 4.23. The Morgan fingerprint density at radius 2 is 1.74 bits per heavy atom. The van der Waals surface area contributed by atoms with Crippen LogP contribution in [0, 0.1) is 6.92 Å². The topological polar surface area (TPSA) is 43.4 Å². The molecule has 0 aliphatic carbocycles. The number of anilines is 1. The Bertz CT molecular complexity index is 582. The molecule has 2 rings (SSSR count). The number of aryl methyl sites for hydroxylation is 1. The number of aromatic nitrogens is 1. The Morgan fingerprint density at radius 1 is 1.11 bits per heavy atom. The van der Waals surface area contributed by atoms with Gasteiger partial charge < -0.3 is 14.8 Å². The monoisotopic (exact) mass is 260 g/mol. The number of rotatable bonds is 5. The van der Waals surface area contributed by atoms with Gasteiger partial charge in [-0.3, -0.25) is 0 Å². The van der Waals surface area contributed by atoms with Crippen LogP contribution in [0.4, 0.5) is 5.82 Å². The van der Waals surface area contributed by atoms with Crippen molar-refractivity contribution in [3.05, 3.63) is 23.8 Å². The Kier molecular flexibility index (Phi) is 4.10. The maximum absolute atomic E-state index is 5.66. The molecule has 19 heavy (non-hydrogen) atoms. The zero-order valence-corrected chi connectivity index (χ0v) is 11.9. The molecule has 0 amide bonds. The zero-order valence-electron chi connectivity index (χ0n) is 11.9. The molecular weight excluding hydrogens is 240 g/mol. The van der Waals surface area contributed by atoms with E-state index in [1.165, 1.54) is 0 Å². The fourth-order valence-corrected chi connectivity index (χ4v) is 2.12. The first-order chi connectivity index (χ1) is 9.21. The molecule has 0 spiro atoms. The molecule has 0 aliphatic heterocycles. The van der Waals surface area contributed by atoms with Gasteiger partial charge in [-0.2, -0.15) is 0 Å². The quantitative estimate of drug-likeness (QED) is 0.895. The first-order valence-electron chi connectivity index (χ1n) is 6.59. The lowest BCUT2D eigenvalue weighted by molar-refractivity contribution is 0.336. The summed E-state index contributed by atoms with van der Waals surface area (Å²) in [6, 6.07) is 5.94. The molecule has 0 unspecified atom stereocenters. The number of nitrogens with one attached hydrogen (secondary N) is 1. The van der Waals surface area contributed by atoms with Crippen LogP contribution in [0.3, 0.4) is 0 Å². The SMILES string of the molecule is CCOc1ccc(OCC)c2nc(NC)c(C)cc12. The van der Waals surface area contributed by atoms with Crippen LogP contribution in [0.5, 0.6) is 11.5 Å². The highest BCUT2D eigenvalue weighted by molar-refractivity contribution is 5.92. The van der Waals surface area contributed by atoms with Gasteiger partial charge in [0, 0.05) is 12.4 Å². The summed E-state index contributed by atoms with van der Waals surface area (Å²) in [4.78, 5) is 4.64. The van der Waals surface area contributed by atoms with Crippen molar-refractivity contribution in [1.29, 1.82) is 0 Å². The fraction of sp³-hybridized carbons (Fsp3) is 0.400. The summed E-state index contributed by atoms with van der Waals surface area (Å²) in [5.41, 5.74) is 1.92. The fourth-order valence-electron chi connectivity index (χ4n) is 2.12. The van der Waals surface area contributed by atoms with E-state index in [0.717, 1.165) is 33.8 Å². The van der Waals surface area contributed by atoms with E-state index >= 15 is 0 Å². The van der Waals surface area contributed by atoms with Crippen LogP contribution in [0.1, 0.15) is 19.4 Å². The lowest BCUT2D eigenvalue weighted by Crippen LogP contribution is -2.01. The average molecular weight is 260 g/mol. The van der Waals surface area contributed by atoms with Gasteiger partial charge in [0.15, 0.2) is 0 Å². The van der Waals surface area contributed by atoms with Crippen LogP contribution >= 0.6 is 0 Å². The number of ether oxygens (including phenoxy) is 2. The van der Waals surface area contributed by atoms with Crippen LogP contribution < -0.4 is 14.8 Å². The summed E-state index contributed by atoms with van der Waals surface area (Å²) >= 11 is 0. The lowest BCUT2D eigenvalue weighted by Gasteiger charge is -2.14. The first-order valence-corrected chi connectivity index (χ1v) is 6.59. The highest BCUT2D eigenvalue weighted by atomic mass is 16.5. The summed E-state index contributed by atoms with van der Waals surface area (Å²) in [7, 11) is 1.87. The molecule has 0 radical (unpaired) electrons. The van der Waals surface area contributed by atoms with Crippen molar-refractivity contribution >= 4 is 16.7 Å². The number of benzene rings is 1. The maximum Gasteiger partial charge on any atom is 0.145 e. The number of nitrogens with zero attached hydrogens (tertiary/aromatic N) is 1. The van der Waals surface area contributed by atoms with Gasteiger partial charge in [-0.15, -0.1) is 0 Å². The standard InChI is InChI=1S/C15H20N2O2/c1-5-18-12-7-8-13(19-6-2)14-11(12)9-10(3)15(16-4)17-14/h7-9H,5-6H2,1-4H3,(H,16,17). The van der Waals surface area contributed by atoms with Gasteiger partial charge in [0.25, 0.3) is 0 Å². The zero-order chi connectivity index (χ0) is 13.8. The third-order valence-corrected chi connectivity index (χ3v) is 2.93. The Labute approximate surface area is 113 Å². The first kappa shape index (κ1) is 13.5. The number of hydrogen-bond donors (Lipinski definition) is 1. The largest absolute Gasteiger partial charge is 0.493 e. The van der Waals surface area contributed by atoms with Crippen LogP contribution in [0.2, 0.25) is 0 Å². The van der Waals surface area contributed by atoms with E-state index < -0.39 is 0 Å². The molecule has 0 bridgehead atoms. The van der Waals surface area contributed by atoms with Crippen LogP contribution in [-0.2, 0) is 0 Å². The summed E-state index contributed by atoms with van der Waals surface area (Å²) in [5, 5.41) is 4.09. The third-order valence-electron chi connectivity index (χ3n) is 2.93. The molecule has 102 valence electrons. The van der Waals surface area contributed by atoms with E-state index in [-0.39, 0.29) is 0 Å². The van der Waals surface area contributed by atoms with Crippen molar-refractivity contribution in [1.82, 2.24) is 4.98 Å². The molecule has 0 saturated heterocycles. The molecule has 1 aromatic carbocycles. The minimum atomic E-state index is 0.619. The molecule has 0 atom stereocenters. The van der Waals surface area contributed by atoms with Crippen molar-refractivity contribution in [2.45, 2.75) is 20.8 Å². The summed E-state index contributed by atoms with van der Waals surface area (Å²) in [6.45, 7) is 7.23. The number of pyridine rings is 1. The minimum Gasteiger partial charge on any atom is -0.493 e. The number of fused-ring (bicyclic) bond motifs is 1. The van der Waals surface area contributed by atoms with Gasteiger partial charge in [-0.05, 0) is 44.5 Å². The normalized spacial score (nSPS) is 10.5. The van der Waals surface area contributed by atoms with Crippen molar-refractivity contribution in [3.63, 3.8) is 0 Å². The highest BCUT2D eigenvalue weighted by Gasteiger charge is 2.12. The molecule has 0 aliphatic rings. The van der Waals surface area contributed by atoms with Crippen molar-refractivity contribution in [2.24, 2.45) is 0 Å². The van der Waals surface area contributed by atoms with E-state index in [2.05, 4.69) is 16.4 Å². The Hall–Kier alpha value is -1.97. The summed E-state index contributed by atoms with van der Waals surface area (Å²) in [6.07, 6.45) is 0. The predicted octanol–water partition coefficient (Wildman–Crippen LogP) is 3.38. The van der Waals surface area contributed by atoms with E-state index in [0.29, 0.717) is 13.2 Å². The second-order valence-electron chi connectivity index (χ2n) is 4.23. The molecule has 2 aromatic rings. The molecule has 0 fully saturated rings. The van der Waals surface area contributed by atoms with Crippen LogP contribution in [0.15, 0.2) is 18.2 Å². The summed E-state index contributed by atoms with van der Waals surface area (Å²) < 4.78 is 11.3. The van der Waals surface area contributed by atoms with E-state index in [1.807, 2.05) is 40.0 Å². The third kappa shape index (κ3) is 2.57. The van der Waals surface area contributed by atoms with Gasteiger partial charge in [-0.25, -0.2) is 4.98 Å². The Balaban J connectivity index is 2.69.